The molecule has 0 aromatic heterocycles. The molecule has 1 saturated heterocycles. The summed E-state index contributed by atoms with van der Waals surface area (Å²) >= 11 is 0. The first-order chi connectivity index (χ1) is 13.0. The number of para-hydroxylation sites is 2. The van der Waals surface area contributed by atoms with Crippen molar-refractivity contribution >= 4 is 11.6 Å². The summed E-state index contributed by atoms with van der Waals surface area (Å²) in [5.41, 5.74) is 1.84. The molecule has 27 heavy (non-hydrogen) atoms. The minimum atomic E-state index is -0.251. The monoisotopic (exact) mass is 371 g/mol. The number of nitrogens with one attached hydrogen (secondary N) is 1. The van der Waals surface area contributed by atoms with Crippen molar-refractivity contribution in [3.63, 3.8) is 0 Å². The van der Waals surface area contributed by atoms with Crippen LogP contribution in [0, 0.1) is 5.82 Å². The first kappa shape index (κ1) is 19.2. The van der Waals surface area contributed by atoms with Crippen molar-refractivity contribution in [3.05, 3.63) is 59.9 Å². The van der Waals surface area contributed by atoms with Crippen LogP contribution in [0.4, 0.5) is 10.1 Å². The second-order valence-corrected chi connectivity index (χ2v) is 6.86. The van der Waals surface area contributed by atoms with E-state index in [4.69, 9.17) is 0 Å². The highest BCUT2D eigenvalue weighted by Gasteiger charge is 2.26. The number of hydrogen-bond donors (Lipinski definition) is 2. The Morgan fingerprint density at radius 3 is 2.44 bits per heavy atom. The van der Waals surface area contributed by atoms with Crippen molar-refractivity contribution in [2.45, 2.75) is 19.4 Å². The van der Waals surface area contributed by atoms with E-state index in [2.05, 4.69) is 15.1 Å². The number of halogens is 1. The van der Waals surface area contributed by atoms with Gasteiger partial charge in [0.15, 0.2) is 0 Å². The van der Waals surface area contributed by atoms with E-state index in [1.54, 1.807) is 18.2 Å². The number of nitrogens with zero attached hydrogens (tertiary/aromatic N) is 2. The highest BCUT2D eigenvalue weighted by Crippen LogP contribution is 2.27. The SMILES string of the molecule is C[C@H](C(=O)NCCc1ccc(F)cc1)N1CCN(c2ccccc2O)CC1. The molecule has 1 amide bonds. The maximum atomic E-state index is 12.9. The van der Waals surface area contributed by atoms with Gasteiger partial charge < -0.3 is 15.3 Å². The Morgan fingerprint density at radius 1 is 1.11 bits per heavy atom. The molecule has 1 aliphatic rings. The van der Waals surface area contributed by atoms with Gasteiger partial charge in [-0.1, -0.05) is 24.3 Å². The van der Waals surface area contributed by atoms with Crippen LogP contribution in [0.25, 0.3) is 0 Å². The average Bonchev–Trinajstić information content (AvgIpc) is 2.69. The molecule has 0 unspecified atom stereocenters. The second kappa shape index (κ2) is 8.86. The second-order valence-electron chi connectivity index (χ2n) is 6.86. The summed E-state index contributed by atoms with van der Waals surface area (Å²) in [5.74, 6) is 0.0463. The third-order valence-electron chi connectivity index (χ3n) is 5.09. The molecule has 0 bridgehead atoms. The lowest BCUT2D eigenvalue weighted by Crippen LogP contribution is -2.54. The van der Waals surface area contributed by atoms with Gasteiger partial charge in [-0.25, -0.2) is 4.39 Å². The van der Waals surface area contributed by atoms with E-state index in [0.717, 1.165) is 37.4 Å². The maximum absolute atomic E-state index is 12.9. The fraction of sp³-hybridized carbons (Fsp3) is 0.381. The number of benzene rings is 2. The topological polar surface area (TPSA) is 55.8 Å². The van der Waals surface area contributed by atoms with Crippen molar-refractivity contribution < 1.29 is 14.3 Å². The highest BCUT2D eigenvalue weighted by atomic mass is 19.1. The Bertz CT molecular complexity index is 758. The lowest BCUT2D eigenvalue weighted by molar-refractivity contribution is -0.125. The van der Waals surface area contributed by atoms with Gasteiger partial charge in [0.05, 0.1) is 11.7 Å². The van der Waals surface area contributed by atoms with E-state index in [1.165, 1.54) is 12.1 Å². The van der Waals surface area contributed by atoms with Crippen LogP contribution in [0.1, 0.15) is 12.5 Å². The van der Waals surface area contributed by atoms with Crippen LogP contribution >= 0.6 is 0 Å². The van der Waals surface area contributed by atoms with E-state index in [1.807, 2.05) is 25.1 Å². The van der Waals surface area contributed by atoms with Gasteiger partial charge in [0.1, 0.15) is 11.6 Å². The van der Waals surface area contributed by atoms with Gasteiger partial charge in [-0.05, 0) is 43.2 Å². The number of amides is 1. The molecule has 6 heteroatoms. The van der Waals surface area contributed by atoms with Crippen LogP contribution in [-0.4, -0.2) is 54.7 Å². The Kier molecular flexibility index (Phi) is 6.29. The number of piperazine rings is 1. The fourth-order valence-electron chi connectivity index (χ4n) is 3.38. The van der Waals surface area contributed by atoms with Crippen LogP contribution < -0.4 is 10.2 Å². The molecule has 3 rings (SSSR count). The number of phenols is 1. The standard InChI is InChI=1S/C21H26FN3O2/c1-16(21(27)23-11-10-17-6-8-18(22)9-7-17)24-12-14-25(15-13-24)19-4-2-3-5-20(19)26/h2-9,16,26H,10-15H2,1H3,(H,23,27)/t16-/m1/s1. The van der Waals surface area contributed by atoms with Gasteiger partial charge in [-0.3, -0.25) is 9.69 Å². The molecule has 5 nitrogen and oxygen atoms in total. The minimum absolute atomic E-state index is 0.00752. The van der Waals surface area contributed by atoms with Crippen molar-refractivity contribution in [3.8, 4) is 5.75 Å². The van der Waals surface area contributed by atoms with Gasteiger partial charge in [0, 0.05) is 32.7 Å². The van der Waals surface area contributed by atoms with E-state index in [0.29, 0.717) is 13.0 Å². The van der Waals surface area contributed by atoms with Crippen LogP contribution in [0.15, 0.2) is 48.5 Å². The van der Waals surface area contributed by atoms with Crippen LogP contribution in [-0.2, 0) is 11.2 Å². The largest absolute Gasteiger partial charge is 0.506 e. The summed E-state index contributed by atoms with van der Waals surface area (Å²) in [5, 5.41) is 13.0. The van der Waals surface area contributed by atoms with Crippen molar-refractivity contribution in [2.24, 2.45) is 0 Å². The highest BCUT2D eigenvalue weighted by molar-refractivity contribution is 5.81. The van der Waals surface area contributed by atoms with Gasteiger partial charge in [0.2, 0.25) is 5.91 Å². The number of hydrogen-bond acceptors (Lipinski definition) is 4. The third kappa shape index (κ3) is 4.98. The summed E-state index contributed by atoms with van der Waals surface area (Å²) in [4.78, 5) is 16.7. The maximum Gasteiger partial charge on any atom is 0.237 e. The molecular formula is C21H26FN3O2. The molecule has 1 aliphatic heterocycles. The zero-order chi connectivity index (χ0) is 19.2. The summed E-state index contributed by atoms with van der Waals surface area (Å²) in [6.07, 6.45) is 0.680. The van der Waals surface area contributed by atoms with Crippen molar-refractivity contribution in [1.29, 1.82) is 0 Å². The lowest BCUT2D eigenvalue weighted by Gasteiger charge is -2.38. The lowest BCUT2D eigenvalue weighted by atomic mass is 10.1. The minimum Gasteiger partial charge on any atom is -0.506 e. The number of phenolic OH excluding ortho intramolecular Hbond substituents is 1. The number of carbonyl (C=O) groups excluding carboxylic acids is 1. The molecule has 0 aliphatic carbocycles. The van der Waals surface area contributed by atoms with Crippen molar-refractivity contribution in [2.75, 3.05) is 37.6 Å². The molecule has 0 spiro atoms. The first-order valence-corrected chi connectivity index (χ1v) is 9.34. The zero-order valence-corrected chi connectivity index (χ0v) is 15.6. The molecule has 2 aromatic rings. The predicted octanol–water partition coefficient (Wildman–Crippen LogP) is 2.40. The summed E-state index contributed by atoms with van der Waals surface area (Å²) in [7, 11) is 0. The van der Waals surface area contributed by atoms with E-state index < -0.39 is 0 Å². The normalized spacial score (nSPS) is 16.1. The fourth-order valence-corrected chi connectivity index (χ4v) is 3.38. The van der Waals surface area contributed by atoms with Gasteiger partial charge in [-0.15, -0.1) is 0 Å². The summed E-state index contributed by atoms with van der Waals surface area (Å²) in [6, 6.07) is 13.5. The number of rotatable bonds is 6. The number of carbonyl (C=O) groups is 1. The van der Waals surface area contributed by atoms with Gasteiger partial charge in [0.25, 0.3) is 0 Å². The van der Waals surface area contributed by atoms with E-state index in [-0.39, 0.29) is 23.5 Å². The van der Waals surface area contributed by atoms with Gasteiger partial charge >= 0.3 is 0 Å². The third-order valence-corrected chi connectivity index (χ3v) is 5.09. The molecule has 0 saturated carbocycles. The molecule has 2 N–H and O–H groups in total. The van der Waals surface area contributed by atoms with Crippen LogP contribution in [0.5, 0.6) is 5.75 Å². The molecular weight excluding hydrogens is 345 g/mol. The Morgan fingerprint density at radius 2 is 1.78 bits per heavy atom. The van der Waals surface area contributed by atoms with Crippen LogP contribution in [0.2, 0.25) is 0 Å². The summed E-state index contributed by atoms with van der Waals surface area (Å²) in [6.45, 7) is 5.52. The Labute approximate surface area is 159 Å². The molecule has 1 fully saturated rings. The quantitative estimate of drug-likeness (QED) is 0.819. The molecule has 1 atom stereocenters. The molecule has 1 heterocycles. The van der Waals surface area contributed by atoms with Crippen LogP contribution in [0.3, 0.4) is 0 Å². The number of anilines is 1. The zero-order valence-electron chi connectivity index (χ0n) is 15.6. The van der Waals surface area contributed by atoms with E-state index >= 15 is 0 Å². The van der Waals surface area contributed by atoms with E-state index in [9.17, 15) is 14.3 Å². The molecule has 2 aromatic carbocycles. The molecule has 0 radical (unpaired) electrons. The predicted molar refractivity (Wildman–Crippen MR) is 104 cm³/mol. The Balaban J connectivity index is 1.44. The summed E-state index contributed by atoms with van der Waals surface area (Å²) < 4.78 is 12.9. The van der Waals surface area contributed by atoms with Gasteiger partial charge in [-0.2, -0.15) is 0 Å². The number of aromatic hydroxyl groups is 1. The average molecular weight is 371 g/mol. The van der Waals surface area contributed by atoms with Crippen molar-refractivity contribution in [1.82, 2.24) is 10.2 Å². The smallest absolute Gasteiger partial charge is 0.237 e. The molecule has 144 valence electrons. The first-order valence-electron chi connectivity index (χ1n) is 9.34. The Hall–Kier alpha value is -2.60.